The second kappa shape index (κ2) is 7.58. The van der Waals surface area contributed by atoms with E-state index in [1.54, 1.807) is 0 Å². The van der Waals surface area contributed by atoms with Crippen LogP contribution >= 0.6 is 23.4 Å². The SMILES string of the molecule is CCCNC(C)c1ccc(N2CCSC(C)C2)cc1Cl. The van der Waals surface area contributed by atoms with Crippen molar-refractivity contribution in [1.29, 1.82) is 0 Å². The number of nitrogens with zero attached hydrogens (tertiary/aromatic N) is 1. The molecule has 20 heavy (non-hydrogen) atoms. The van der Waals surface area contributed by atoms with E-state index in [1.165, 1.54) is 17.0 Å². The van der Waals surface area contributed by atoms with E-state index in [2.05, 4.69) is 60.9 Å². The number of halogens is 1. The number of anilines is 1. The lowest BCUT2D eigenvalue weighted by atomic mass is 10.1. The fraction of sp³-hybridized carbons (Fsp3) is 0.625. The van der Waals surface area contributed by atoms with Gasteiger partial charge in [0, 0.05) is 40.8 Å². The molecule has 0 aliphatic carbocycles. The van der Waals surface area contributed by atoms with Crippen molar-refractivity contribution in [2.75, 3.05) is 30.3 Å². The lowest BCUT2D eigenvalue weighted by molar-refractivity contribution is 0.571. The first-order chi connectivity index (χ1) is 9.61. The van der Waals surface area contributed by atoms with Crippen LogP contribution < -0.4 is 10.2 Å². The molecule has 0 aromatic heterocycles. The van der Waals surface area contributed by atoms with Gasteiger partial charge < -0.3 is 10.2 Å². The molecule has 0 radical (unpaired) electrons. The number of benzene rings is 1. The molecule has 0 spiro atoms. The van der Waals surface area contributed by atoms with Crippen molar-refractivity contribution in [1.82, 2.24) is 5.32 Å². The first-order valence-electron chi connectivity index (χ1n) is 7.51. The van der Waals surface area contributed by atoms with E-state index >= 15 is 0 Å². The Hall–Kier alpha value is -0.380. The largest absolute Gasteiger partial charge is 0.370 e. The molecule has 1 aliphatic heterocycles. The molecule has 112 valence electrons. The third-order valence-electron chi connectivity index (χ3n) is 3.76. The van der Waals surface area contributed by atoms with Gasteiger partial charge >= 0.3 is 0 Å². The highest BCUT2D eigenvalue weighted by Crippen LogP contribution is 2.30. The Morgan fingerprint density at radius 3 is 2.95 bits per heavy atom. The minimum absolute atomic E-state index is 0.312. The Balaban J connectivity index is 2.08. The first kappa shape index (κ1) is 16.0. The summed E-state index contributed by atoms with van der Waals surface area (Å²) in [6.45, 7) is 9.91. The summed E-state index contributed by atoms with van der Waals surface area (Å²) in [4.78, 5) is 2.45. The van der Waals surface area contributed by atoms with E-state index in [4.69, 9.17) is 11.6 Å². The quantitative estimate of drug-likeness (QED) is 0.870. The average molecular weight is 313 g/mol. The van der Waals surface area contributed by atoms with Gasteiger partial charge in [0.05, 0.1) is 0 Å². The van der Waals surface area contributed by atoms with Gasteiger partial charge in [0.1, 0.15) is 0 Å². The summed E-state index contributed by atoms with van der Waals surface area (Å²) in [5.74, 6) is 1.20. The van der Waals surface area contributed by atoms with Crippen LogP contribution in [0.15, 0.2) is 18.2 Å². The topological polar surface area (TPSA) is 15.3 Å². The lowest BCUT2D eigenvalue weighted by Gasteiger charge is -2.33. The van der Waals surface area contributed by atoms with Gasteiger partial charge in [-0.1, -0.05) is 31.5 Å². The Labute approximate surface area is 132 Å². The predicted molar refractivity (Wildman–Crippen MR) is 92.3 cm³/mol. The van der Waals surface area contributed by atoms with Gasteiger partial charge in [-0.05, 0) is 37.6 Å². The van der Waals surface area contributed by atoms with Crippen molar-refractivity contribution >= 4 is 29.1 Å². The van der Waals surface area contributed by atoms with E-state index in [9.17, 15) is 0 Å². The van der Waals surface area contributed by atoms with Crippen LogP contribution in [0.5, 0.6) is 0 Å². The van der Waals surface area contributed by atoms with Crippen LogP contribution in [0.1, 0.15) is 38.8 Å². The van der Waals surface area contributed by atoms with E-state index < -0.39 is 0 Å². The molecule has 1 saturated heterocycles. The van der Waals surface area contributed by atoms with E-state index in [-0.39, 0.29) is 0 Å². The highest BCUT2D eigenvalue weighted by atomic mass is 35.5. The summed E-state index contributed by atoms with van der Waals surface area (Å²) in [5, 5.41) is 5.07. The summed E-state index contributed by atoms with van der Waals surface area (Å²) in [6.07, 6.45) is 1.14. The zero-order valence-corrected chi connectivity index (χ0v) is 14.2. The van der Waals surface area contributed by atoms with Crippen LogP contribution in [0, 0.1) is 0 Å². The fourth-order valence-corrected chi connectivity index (χ4v) is 3.94. The zero-order chi connectivity index (χ0) is 14.5. The van der Waals surface area contributed by atoms with Crippen LogP contribution in [-0.2, 0) is 0 Å². The summed E-state index contributed by atoms with van der Waals surface area (Å²) in [7, 11) is 0. The molecule has 1 heterocycles. The second-order valence-corrected chi connectivity index (χ2v) is 7.46. The minimum Gasteiger partial charge on any atom is -0.370 e. The van der Waals surface area contributed by atoms with Crippen LogP contribution in [0.25, 0.3) is 0 Å². The Kier molecular flexibility index (Phi) is 6.06. The molecule has 4 heteroatoms. The molecule has 2 nitrogen and oxygen atoms in total. The van der Waals surface area contributed by atoms with Crippen molar-refractivity contribution in [2.45, 2.75) is 38.5 Å². The molecule has 2 rings (SSSR count). The summed E-state index contributed by atoms with van der Waals surface area (Å²) in [5.41, 5.74) is 2.46. The van der Waals surface area contributed by atoms with Gasteiger partial charge in [0.15, 0.2) is 0 Å². The van der Waals surface area contributed by atoms with Gasteiger partial charge in [0.2, 0.25) is 0 Å². The van der Waals surface area contributed by atoms with Gasteiger partial charge in [-0.25, -0.2) is 0 Å². The first-order valence-corrected chi connectivity index (χ1v) is 8.94. The highest BCUT2D eigenvalue weighted by Gasteiger charge is 2.18. The van der Waals surface area contributed by atoms with Gasteiger partial charge in [0.25, 0.3) is 0 Å². The number of hydrogen-bond acceptors (Lipinski definition) is 3. The third kappa shape index (κ3) is 4.06. The average Bonchev–Trinajstić information content (AvgIpc) is 2.44. The third-order valence-corrected chi connectivity index (χ3v) is 5.22. The van der Waals surface area contributed by atoms with Crippen LogP contribution in [-0.4, -0.2) is 30.6 Å². The molecule has 1 N–H and O–H groups in total. The van der Waals surface area contributed by atoms with Gasteiger partial charge in [-0.15, -0.1) is 0 Å². The molecular weight excluding hydrogens is 288 g/mol. The van der Waals surface area contributed by atoms with Crippen molar-refractivity contribution in [3.8, 4) is 0 Å². The number of thioether (sulfide) groups is 1. The molecule has 1 aliphatic rings. The summed E-state index contributed by atoms with van der Waals surface area (Å²) < 4.78 is 0. The maximum absolute atomic E-state index is 6.49. The molecule has 0 bridgehead atoms. The molecule has 1 fully saturated rings. The van der Waals surface area contributed by atoms with Crippen molar-refractivity contribution in [2.24, 2.45) is 0 Å². The highest BCUT2D eigenvalue weighted by molar-refractivity contribution is 8.00. The predicted octanol–water partition coefficient (Wildman–Crippen LogP) is 4.34. The molecule has 0 amide bonds. The van der Waals surface area contributed by atoms with Gasteiger partial charge in [-0.2, -0.15) is 11.8 Å². The van der Waals surface area contributed by atoms with Crippen molar-refractivity contribution in [3.63, 3.8) is 0 Å². The number of nitrogens with one attached hydrogen (secondary N) is 1. The molecule has 2 atom stereocenters. The number of hydrogen-bond donors (Lipinski definition) is 1. The van der Waals surface area contributed by atoms with Crippen LogP contribution in [0.4, 0.5) is 5.69 Å². The Bertz CT molecular complexity index is 438. The Morgan fingerprint density at radius 2 is 2.30 bits per heavy atom. The lowest BCUT2D eigenvalue weighted by Crippen LogP contribution is -2.36. The second-order valence-electron chi connectivity index (χ2n) is 5.51. The van der Waals surface area contributed by atoms with Crippen LogP contribution in [0.2, 0.25) is 5.02 Å². The minimum atomic E-state index is 0.312. The van der Waals surface area contributed by atoms with E-state index in [1.807, 2.05) is 0 Å². The standard InChI is InChI=1S/C16H25ClN2S/c1-4-7-18-13(3)15-6-5-14(10-16(15)17)19-8-9-20-12(2)11-19/h5-6,10,12-13,18H,4,7-9,11H2,1-3H3. The smallest absolute Gasteiger partial charge is 0.0474 e. The monoisotopic (exact) mass is 312 g/mol. The summed E-state index contributed by atoms with van der Waals surface area (Å²) in [6, 6.07) is 6.84. The zero-order valence-electron chi connectivity index (χ0n) is 12.7. The molecule has 1 aromatic rings. The number of rotatable bonds is 5. The van der Waals surface area contributed by atoms with Gasteiger partial charge in [-0.3, -0.25) is 0 Å². The summed E-state index contributed by atoms with van der Waals surface area (Å²) >= 11 is 8.54. The maximum Gasteiger partial charge on any atom is 0.0474 e. The molecule has 0 saturated carbocycles. The fourth-order valence-electron chi connectivity index (χ4n) is 2.59. The molecule has 1 aromatic carbocycles. The Morgan fingerprint density at radius 1 is 1.50 bits per heavy atom. The van der Waals surface area contributed by atoms with Crippen molar-refractivity contribution in [3.05, 3.63) is 28.8 Å². The van der Waals surface area contributed by atoms with E-state index in [0.29, 0.717) is 11.3 Å². The normalized spacial score (nSPS) is 21.0. The molecule has 2 unspecified atom stereocenters. The van der Waals surface area contributed by atoms with Crippen LogP contribution in [0.3, 0.4) is 0 Å². The van der Waals surface area contributed by atoms with Crippen molar-refractivity contribution < 1.29 is 0 Å². The van der Waals surface area contributed by atoms with E-state index in [0.717, 1.165) is 31.1 Å². The molecular formula is C16H25ClN2S. The maximum atomic E-state index is 6.49.